The molecular formula is C24H32BrN3O5S. The number of halogens is 1. The fraction of sp³-hybridized carbons (Fsp3) is 0.417. The van der Waals surface area contributed by atoms with Crippen molar-refractivity contribution in [3.05, 3.63) is 58.6 Å². The van der Waals surface area contributed by atoms with E-state index < -0.39 is 34.1 Å². The summed E-state index contributed by atoms with van der Waals surface area (Å²) < 4.78 is 32.3. The number of benzene rings is 2. The second-order valence-corrected chi connectivity index (χ2v) is 11.9. The second kappa shape index (κ2) is 11.2. The average molecular weight is 555 g/mol. The monoisotopic (exact) mass is 553 g/mol. The summed E-state index contributed by atoms with van der Waals surface area (Å²) in [5, 5.41) is 2.89. The topological polar surface area (TPSA) is 96.0 Å². The van der Waals surface area contributed by atoms with E-state index in [9.17, 15) is 18.0 Å². The number of amides is 2. The fourth-order valence-electron chi connectivity index (χ4n) is 3.27. The van der Waals surface area contributed by atoms with Crippen LogP contribution in [0.15, 0.2) is 53.0 Å². The van der Waals surface area contributed by atoms with E-state index in [4.69, 9.17) is 4.74 Å². The van der Waals surface area contributed by atoms with E-state index in [1.165, 1.54) is 12.0 Å². The Bertz CT molecular complexity index is 1130. The quantitative estimate of drug-likeness (QED) is 0.512. The Morgan fingerprint density at radius 3 is 2.32 bits per heavy atom. The molecule has 0 aliphatic rings. The van der Waals surface area contributed by atoms with Crippen LogP contribution in [0.5, 0.6) is 5.75 Å². The molecule has 0 saturated carbocycles. The minimum Gasteiger partial charge on any atom is -0.497 e. The Labute approximate surface area is 210 Å². The molecule has 1 N–H and O–H groups in total. The van der Waals surface area contributed by atoms with Gasteiger partial charge in [-0.15, -0.1) is 0 Å². The number of nitrogens with one attached hydrogen (secondary N) is 1. The summed E-state index contributed by atoms with van der Waals surface area (Å²) in [5.74, 6) is -0.379. The molecule has 0 spiro atoms. The molecule has 0 saturated heterocycles. The fourth-order valence-corrected chi connectivity index (χ4v) is 4.56. The van der Waals surface area contributed by atoms with Gasteiger partial charge in [0.2, 0.25) is 21.8 Å². The van der Waals surface area contributed by atoms with Gasteiger partial charge in [-0.2, -0.15) is 0 Å². The number of anilines is 1. The van der Waals surface area contributed by atoms with Crippen LogP contribution in [-0.2, 0) is 26.2 Å². The van der Waals surface area contributed by atoms with Crippen molar-refractivity contribution < 1.29 is 22.7 Å². The summed E-state index contributed by atoms with van der Waals surface area (Å²) in [6, 6.07) is 13.0. The molecule has 0 aromatic heterocycles. The zero-order valence-electron chi connectivity index (χ0n) is 20.3. The lowest BCUT2D eigenvalue weighted by Gasteiger charge is -2.33. The van der Waals surface area contributed by atoms with Crippen molar-refractivity contribution in [3.8, 4) is 5.75 Å². The van der Waals surface area contributed by atoms with E-state index in [0.29, 0.717) is 11.4 Å². The molecule has 2 rings (SSSR count). The standard InChI is InChI=1S/C24H32BrN3O5S/c1-17(23(30)26-24(2,3)4)27(15-18-9-7-10-19(25)13-18)22(29)16-28(34(6,31)32)20-11-8-12-21(14-20)33-5/h7-14,17H,15-16H2,1-6H3,(H,26,30). The maximum absolute atomic E-state index is 13.5. The molecule has 1 atom stereocenters. The van der Waals surface area contributed by atoms with E-state index >= 15 is 0 Å². The first kappa shape index (κ1) is 27.7. The SMILES string of the molecule is COc1cccc(N(CC(=O)N(Cc2cccc(Br)c2)C(C)C(=O)NC(C)(C)C)S(C)(=O)=O)c1. The first-order valence-electron chi connectivity index (χ1n) is 10.7. The van der Waals surface area contributed by atoms with Crippen molar-refractivity contribution in [2.45, 2.75) is 45.8 Å². The van der Waals surface area contributed by atoms with E-state index in [1.54, 1.807) is 31.2 Å². The number of rotatable bonds is 9. The molecule has 34 heavy (non-hydrogen) atoms. The number of ether oxygens (including phenoxy) is 1. The Hall–Kier alpha value is -2.59. The molecule has 2 amide bonds. The van der Waals surface area contributed by atoms with Gasteiger partial charge in [0, 0.05) is 22.6 Å². The smallest absolute Gasteiger partial charge is 0.244 e. The number of hydrogen-bond donors (Lipinski definition) is 1. The van der Waals surface area contributed by atoms with Gasteiger partial charge in [-0.1, -0.05) is 34.1 Å². The first-order valence-corrected chi connectivity index (χ1v) is 13.3. The highest BCUT2D eigenvalue weighted by atomic mass is 79.9. The van der Waals surface area contributed by atoms with Crippen LogP contribution < -0.4 is 14.4 Å². The zero-order chi connectivity index (χ0) is 25.7. The van der Waals surface area contributed by atoms with Crippen molar-refractivity contribution in [2.24, 2.45) is 0 Å². The molecule has 0 aliphatic heterocycles. The van der Waals surface area contributed by atoms with Crippen LogP contribution in [0.25, 0.3) is 0 Å². The van der Waals surface area contributed by atoms with Crippen LogP contribution in [0, 0.1) is 0 Å². The normalized spacial score (nSPS) is 12.6. The predicted molar refractivity (Wildman–Crippen MR) is 137 cm³/mol. The minimum absolute atomic E-state index is 0.132. The van der Waals surface area contributed by atoms with E-state index in [0.717, 1.165) is 20.6 Å². The maximum atomic E-state index is 13.5. The lowest BCUT2D eigenvalue weighted by Crippen LogP contribution is -2.54. The largest absolute Gasteiger partial charge is 0.497 e. The number of carbonyl (C=O) groups excluding carboxylic acids is 2. The second-order valence-electron chi connectivity index (χ2n) is 9.04. The van der Waals surface area contributed by atoms with Crippen molar-refractivity contribution in [1.82, 2.24) is 10.2 Å². The predicted octanol–water partition coefficient (Wildman–Crippen LogP) is 3.56. The van der Waals surface area contributed by atoms with Crippen molar-refractivity contribution in [3.63, 3.8) is 0 Å². The molecule has 10 heteroatoms. The van der Waals surface area contributed by atoms with Crippen LogP contribution in [0.1, 0.15) is 33.3 Å². The van der Waals surface area contributed by atoms with Gasteiger partial charge in [-0.25, -0.2) is 8.42 Å². The summed E-state index contributed by atoms with van der Waals surface area (Å²) in [4.78, 5) is 27.9. The number of sulfonamides is 1. The van der Waals surface area contributed by atoms with Gasteiger partial charge in [0.1, 0.15) is 18.3 Å². The Kier molecular flexibility index (Phi) is 9.13. The number of nitrogens with zero attached hydrogens (tertiary/aromatic N) is 2. The van der Waals surface area contributed by atoms with Crippen LogP contribution in [0.2, 0.25) is 0 Å². The molecule has 0 aliphatic carbocycles. The van der Waals surface area contributed by atoms with Crippen LogP contribution in [0.4, 0.5) is 5.69 Å². The third-order valence-corrected chi connectivity index (χ3v) is 6.56. The summed E-state index contributed by atoms with van der Waals surface area (Å²) in [5.41, 5.74) is 0.602. The molecule has 8 nitrogen and oxygen atoms in total. The van der Waals surface area contributed by atoms with Crippen molar-refractivity contribution >= 4 is 43.5 Å². The first-order chi connectivity index (χ1) is 15.7. The van der Waals surface area contributed by atoms with Gasteiger partial charge >= 0.3 is 0 Å². The van der Waals surface area contributed by atoms with Crippen LogP contribution in [0.3, 0.4) is 0 Å². The van der Waals surface area contributed by atoms with Crippen LogP contribution in [-0.4, -0.2) is 56.6 Å². The Balaban J connectivity index is 2.42. The Morgan fingerprint density at radius 2 is 1.76 bits per heavy atom. The summed E-state index contributed by atoms with van der Waals surface area (Å²) in [6.07, 6.45) is 1.04. The molecule has 0 fully saturated rings. The lowest BCUT2D eigenvalue weighted by atomic mass is 10.1. The molecule has 2 aromatic carbocycles. The van der Waals surface area contributed by atoms with E-state index in [2.05, 4.69) is 21.2 Å². The third-order valence-electron chi connectivity index (χ3n) is 4.93. The molecule has 1 unspecified atom stereocenters. The van der Waals surface area contributed by atoms with Crippen molar-refractivity contribution in [2.75, 3.05) is 24.2 Å². The van der Waals surface area contributed by atoms with Crippen molar-refractivity contribution in [1.29, 1.82) is 0 Å². The van der Waals surface area contributed by atoms with Crippen LogP contribution >= 0.6 is 15.9 Å². The number of carbonyl (C=O) groups is 2. The summed E-state index contributed by atoms with van der Waals surface area (Å²) >= 11 is 3.42. The molecule has 186 valence electrons. The maximum Gasteiger partial charge on any atom is 0.244 e. The van der Waals surface area contributed by atoms with Gasteiger partial charge in [-0.3, -0.25) is 13.9 Å². The molecular weight excluding hydrogens is 522 g/mol. The molecule has 0 heterocycles. The van der Waals surface area contributed by atoms with Gasteiger partial charge in [0.15, 0.2) is 0 Å². The van der Waals surface area contributed by atoms with E-state index in [1.807, 2.05) is 45.0 Å². The zero-order valence-corrected chi connectivity index (χ0v) is 22.7. The van der Waals surface area contributed by atoms with Gasteiger partial charge in [0.25, 0.3) is 0 Å². The molecule has 0 bridgehead atoms. The summed E-state index contributed by atoms with van der Waals surface area (Å²) in [7, 11) is -2.33. The van der Waals surface area contributed by atoms with E-state index in [-0.39, 0.29) is 12.5 Å². The molecule has 0 radical (unpaired) electrons. The number of methoxy groups -OCH3 is 1. The number of hydrogen-bond acceptors (Lipinski definition) is 5. The van der Waals surface area contributed by atoms with Gasteiger partial charge in [0.05, 0.1) is 19.1 Å². The Morgan fingerprint density at radius 1 is 1.12 bits per heavy atom. The highest BCUT2D eigenvalue weighted by Gasteiger charge is 2.31. The lowest BCUT2D eigenvalue weighted by molar-refractivity contribution is -0.140. The average Bonchev–Trinajstić information content (AvgIpc) is 2.73. The third kappa shape index (κ3) is 8.02. The highest BCUT2D eigenvalue weighted by Crippen LogP contribution is 2.24. The highest BCUT2D eigenvalue weighted by molar-refractivity contribution is 9.10. The minimum atomic E-state index is -3.80. The molecule has 2 aromatic rings. The van der Waals surface area contributed by atoms with Gasteiger partial charge in [-0.05, 0) is 57.5 Å². The van der Waals surface area contributed by atoms with Gasteiger partial charge < -0.3 is 15.0 Å². The summed E-state index contributed by atoms with van der Waals surface area (Å²) in [6.45, 7) is 6.86.